The molecule has 0 radical (unpaired) electrons. The first-order valence-electron chi connectivity index (χ1n) is 3.53. The third-order valence-electron chi connectivity index (χ3n) is 1.60. The minimum absolute atomic E-state index is 0.186. The molecule has 1 aliphatic heterocycles. The lowest BCUT2D eigenvalue weighted by atomic mass is 10.3. The van der Waals surface area contributed by atoms with Gasteiger partial charge in [-0.2, -0.15) is 0 Å². The second-order valence-electron chi connectivity index (χ2n) is 2.51. The zero-order valence-corrected chi connectivity index (χ0v) is 6.10. The van der Waals surface area contributed by atoms with Crippen molar-refractivity contribution < 1.29 is 15.0 Å². The average molecular weight is 157 g/mol. The Morgan fingerprint density at radius 2 is 2.36 bits per heavy atom. The molecule has 0 bridgehead atoms. The molecule has 1 unspecified atom stereocenters. The number of amides is 1. The summed E-state index contributed by atoms with van der Waals surface area (Å²) < 4.78 is 0. The van der Waals surface area contributed by atoms with E-state index in [1.807, 2.05) is 0 Å². The van der Waals surface area contributed by atoms with Crippen LogP contribution in [0.3, 0.4) is 0 Å². The van der Waals surface area contributed by atoms with Crippen LogP contribution in [-0.4, -0.2) is 40.4 Å². The van der Waals surface area contributed by atoms with E-state index in [-0.39, 0.29) is 6.54 Å². The van der Waals surface area contributed by atoms with Gasteiger partial charge >= 0.3 is 6.09 Å². The maximum atomic E-state index is 10.4. The molecule has 4 nitrogen and oxygen atoms in total. The van der Waals surface area contributed by atoms with Crippen LogP contribution >= 0.6 is 0 Å². The number of hydrogen-bond donors (Lipinski definition) is 2. The van der Waals surface area contributed by atoms with Crippen LogP contribution in [0.5, 0.6) is 0 Å². The standard InChI is InChI=1S/C7H11NO3/c9-6-3-1-2-4-8(5-6)7(10)11/h1,3,6,9H,2,4-5H2,(H,10,11). The normalized spacial score (nSPS) is 24.8. The van der Waals surface area contributed by atoms with Crippen LogP contribution < -0.4 is 0 Å². The molecular weight excluding hydrogens is 146 g/mol. The molecule has 0 aromatic heterocycles. The Morgan fingerprint density at radius 1 is 1.64 bits per heavy atom. The van der Waals surface area contributed by atoms with Gasteiger partial charge in [-0.05, 0) is 6.42 Å². The third-order valence-corrected chi connectivity index (χ3v) is 1.60. The van der Waals surface area contributed by atoms with E-state index >= 15 is 0 Å². The zero-order valence-electron chi connectivity index (χ0n) is 6.10. The largest absolute Gasteiger partial charge is 0.465 e. The summed E-state index contributed by atoms with van der Waals surface area (Å²) in [5.41, 5.74) is 0. The Morgan fingerprint density at radius 3 is 3.00 bits per heavy atom. The van der Waals surface area contributed by atoms with Crippen LogP contribution in [-0.2, 0) is 0 Å². The molecule has 1 atom stereocenters. The highest BCUT2D eigenvalue weighted by atomic mass is 16.4. The average Bonchev–Trinajstić information content (AvgIpc) is 2.13. The Bertz CT molecular complexity index is 179. The van der Waals surface area contributed by atoms with Crippen LogP contribution in [0.4, 0.5) is 4.79 Å². The molecule has 1 heterocycles. The Balaban J connectivity index is 2.52. The summed E-state index contributed by atoms with van der Waals surface area (Å²) in [4.78, 5) is 11.7. The molecule has 1 aliphatic rings. The van der Waals surface area contributed by atoms with Gasteiger partial charge in [0.1, 0.15) is 0 Å². The molecule has 0 saturated carbocycles. The van der Waals surface area contributed by atoms with E-state index in [9.17, 15) is 4.79 Å². The SMILES string of the molecule is O=C(O)N1CCC=CC(O)C1. The smallest absolute Gasteiger partial charge is 0.407 e. The Kier molecular flexibility index (Phi) is 2.48. The molecular formula is C7H11NO3. The van der Waals surface area contributed by atoms with Crippen LogP contribution in [0.2, 0.25) is 0 Å². The molecule has 0 aromatic rings. The lowest BCUT2D eigenvalue weighted by Crippen LogP contribution is -2.35. The zero-order chi connectivity index (χ0) is 8.27. The van der Waals surface area contributed by atoms with Gasteiger partial charge in [-0.3, -0.25) is 0 Å². The van der Waals surface area contributed by atoms with Crippen LogP contribution in [0.15, 0.2) is 12.2 Å². The van der Waals surface area contributed by atoms with E-state index in [4.69, 9.17) is 10.2 Å². The van der Waals surface area contributed by atoms with Crippen molar-refractivity contribution in [3.8, 4) is 0 Å². The number of β-amino-alcohol motifs (C(OH)–C–C–N with tert-alkyl or cyclic N) is 1. The van der Waals surface area contributed by atoms with Crippen molar-refractivity contribution in [3.63, 3.8) is 0 Å². The number of rotatable bonds is 0. The molecule has 0 saturated heterocycles. The summed E-state index contributed by atoms with van der Waals surface area (Å²) in [6.07, 6.45) is 2.50. The first-order valence-corrected chi connectivity index (χ1v) is 3.53. The molecule has 62 valence electrons. The van der Waals surface area contributed by atoms with Crippen molar-refractivity contribution in [1.29, 1.82) is 0 Å². The molecule has 1 amide bonds. The van der Waals surface area contributed by atoms with Crippen LogP contribution in [0.25, 0.3) is 0 Å². The number of hydrogen-bond acceptors (Lipinski definition) is 2. The van der Waals surface area contributed by atoms with E-state index < -0.39 is 12.2 Å². The minimum atomic E-state index is -0.965. The van der Waals surface area contributed by atoms with E-state index in [0.717, 1.165) is 0 Å². The number of carboxylic acid groups (broad SMARTS) is 1. The number of aliphatic hydroxyl groups is 1. The van der Waals surface area contributed by atoms with Crippen molar-refractivity contribution in [2.75, 3.05) is 13.1 Å². The molecule has 0 fully saturated rings. The summed E-state index contributed by atoms with van der Waals surface area (Å²) in [5, 5.41) is 17.7. The summed E-state index contributed by atoms with van der Waals surface area (Å²) in [5.74, 6) is 0. The third kappa shape index (κ3) is 2.23. The number of aliphatic hydroxyl groups excluding tert-OH is 1. The first-order chi connectivity index (χ1) is 5.20. The lowest BCUT2D eigenvalue weighted by molar-refractivity contribution is 0.119. The van der Waals surface area contributed by atoms with Crippen molar-refractivity contribution in [2.45, 2.75) is 12.5 Å². The van der Waals surface area contributed by atoms with Gasteiger partial charge in [-0.1, -0.05) is 12.2 Å². The Hall–Kier alpha value is -1.03. The topological polar surface area (TPSA) is 60.8 Å². The van der Waals surface area contributed by atoms with Gasteiger partial charge < -0.3 is 15.1 Å². The van der Waals surface area contributed by atoms with Gasteiger partial charge in [-0.25, -0.2) is 4.79 Å². The molecule has 0 aliphatic carbocycles. The van der Waals surface area contributed by atoms with Crippen LogP contribution in [0.1, 0.15) is 6.42 Å². The highest BCUT2D eigenvalue weighted by molar-refractivity contribution is 5.65. The fourth-order valence-electron chi connectivity index (χ4n) is 1.04. The van der Waals surface area contributed by atoms with Gasteiger partial charge in [0.2, 0.25) is 0 Å². The van der Waals surface area contributed by atoms with Gasteiger partial charge in [0, 0.05) is 6.54 Å². The second kappa shape index (κ2) is 3.39. The molecule has 2 N–H and O–H groups in total. The minimum Gasteiger partial charge on any atom is -0.465 e. The fourth-order valence-corrected chi connectivity index (χ4v) is 1.04. The Labute approximate surface area is 64.7 Å². The molecule has 11 heavy (non-hydrogen) atoms. The molecule has 0 spiro atoms. The quantitative estimate of drug-likeness (QED) is 0.497. The van der Waals surface area contributed by atoms with Crippen molar-refractivity contribution >= 4 is 6.09 Å². The maximum absolute atomic E-state index is 10.4. The van der Waals surface area contributed by atoms with Gasteiger partial charge in [0.15, 0.2) is 0 Å². The van der Waals surface area contributed by atoms with Crippen molar-refractivity contribution in [2.24, 2.45) is 0 Å². The summed E-state index contributed by atoms with van der Waals surface area (Å²) in [6, 6.07) is 0. The van der Waals surface area contributed by atoms with Crippen molar-refractivity contribution in [3.05, 3.63) is 12.2 Å². The highest BCUT2D eigenvalue weighted by Gasteiger charge is 2.15. The molecule has 0 aromatic carbocycles. The summed E-state index contributed by atoms with van der Waals surface area (Å²) in [7, 11) is 0. The van der Waals surface area contributed by atoms with E-state index in [0.29, 0.717) is 13.0 Å². The summed E-state index contributed by atoms with van der Waals surface area (Å²) in [6.45, 7) is 0.661. The predicted octanol–water partition coefficient (Wildman–Crippen LogP) is 0.287. The van der Waals surface area contributed by atoms with E-state index in [1.54, 1.807) is 12.2 Å². The predicted molar refractivity (Wildman–Crippen MR) is 39.4 cm³/mol. The van der Waals surface area contributed by atoms with Crippen LogP contribution in [0, 0.1) is 0 Å². The first kappa shape index (κ1) is 8.07. The maximum Gasteiger partial charge on any atom is 0.407 e. The summed E-state index contributed by atoms with van der Waals surface area (Å²) >= 11 is 0. The fraction of sp³-hybridized carbons (Fsp3) is 0.571. The number of nitrogens with zero attached hydrogens (tertiary/aromatic N) is 1. The highest BCUT2D eigenvalue weighted by Crippen LogP contribution is 2.02. The van der Waals surface area contributed by atoms with Crippen molar-refractivity contribution in [1.82, 2.24) is 4.90 Å². The van der Waals surface area contributed by atoms with Gasteiger partial charge in [-0.15, -0.1) is 0 Å². The van der Waals surface area contributed by atoms with E-state index in [2.05, 4.69) is 0 Å². The monoisotopic (exact) mass is 157 g/mol. The van der Waals surface area contributed by atoms with Gasteiger partial charge in [0.05, 0.1) is 12.6 Å². The molecule has 4 heteroatoms. The number of carbonyl (C=O) groups is 1. The van der Waals surface area contributed by atoms with E-state index in [1.165, 1.54) is 4.90 Å². The molecule has 1 rings (SSSR count). The second-order valence-corrected chi connectivity index (χ2v) is 2.51. The van der Waals surface area contributed by atoms with Gasteiger partial charge in [0.25, 0.3) is 0 Å². The lowest BCUT2D eigenvalue weighted by Gasteiger charge is -2.17.